The zero-order valence-corrected chi connectivity index (χ0v) is 13.9. The molecule has 0 bridgehead atoms. The second-order valence-electron chi connectivity index (χ2n) is 5.89. The summed E-state index contributed by atoms with van der Waals surface area (Å²) in [6.07, 6.45) is 4.46. The standard InChI is InChI=1S/C15H22N2O2S2/c1-2-7-15(8-9-15)11-17-21(18,19)10-12-3-5-13(6-4-12)14(16)20/h3-6,17H,2,7-11H2,1H3,(H2,16,20). The number of rotatable bonds is 8. The minimum Gasteiger partial charge on any atom is -0.389 e. The molecule has 1 aliphatic carbocycles. The first-order valence-corrected chi connectivity index (χ1v) is 9.28. The Labute approximate surface area is 132 Å². The highest BCUT2D eigenvalue weighted by atomic mass is 32.2. The summed E-state index contributed by atoms with van der Waals surface area (Å²) in [6.45, 7) is 2.70. The van der Waals surface area contributed by atoms with E-state index in [1.54, 1.807) is 24.3 Å². The molecule has 0 heterocycles. The average Bonchev–Trinajstić information content (AvgIpc) is 3.18. The van der Waals surface area contributed by atoms with Crippen molar-refractivity contribution in [3.63, 3.8) is 0 Å². The fourth-order valence-electron chi connectivity index (χ4n) is 2.52. The first-order valence-electron chi connectivity index (χ1n) is 7.22. The Hall–Kier alpha value is -0.980. The van der Waals surface area contributed by atoms with Crippen LogP contribution in [0.15, 0.2) is 24.3 Å². The van der Waals surface area contributed by atoms with Crippen molar-refractivity contribution in [1.82, 2.24) is 4.72 Å². The van der Waals surface area contributed by atoms with Crippen LogP contribution in [0, 0.1) is 5.41 Å². The fraction of sp³-hybridized carbons (Fsp3) is 0.533. The quantitative estimate of drug-likeness (QED) is 0.719. The van der Waals surface area contributed by atoms with Crippen LogP contribution >= 0.6 is 12.2 Å². The Balaban J connectivity index is 1.93. The van der Waals surface area contributed by atoms with Crippen molar-refractivity contribution < 1.29 is 8.42 Å². The summed E-state index contributed by atoms with van der Waals surface area (Å²) in [7, 11) is -3.29. The van der Waals surface area contributed by atoms with Crippen molar-refractivity contribution >= 4 is 27.2 Å². The Kier molecular flexibility index (Phi) is 5.01. The number of nitrogens with one attached hydrogen (secondary N) is 1. The summed E-state index contributed by atoms with van der Waals surface area (Å²) >= 11 is 4.88. The van der Waals surface area contributed by atoms with Crippen LogP contribution < -0.4 is 10.5 Å². The highest BCUT2D eigenvalue weighted by Gasteiger charge is 2.41. The lowest BCUT2D eigenvalue weighted by Gasteiger charge is -2.15. The second kappa shape index (κ2) is 6.42. The van der Waals surface area contributed by atoms with Crippen LogP contribution in [0.2, 0.25) is 0 Å². The van der Waals surface area contributed by atoms with Gasteiger partial charge in [-0.15, -0.1) is 0 Å². The van der Waals surface area contributed by atoms with E-state index in [2.05, 4.69) is 11.6 Å². The van der Waals surface area contributed by atoms with E-state index in [4.69, 9.17) is 18.0 Å². The van der Waals surface area contributed by atoms with Crippen molar-refractivity contribution in [1.29, 1.82) is 0 Å². The Morgan fingerprint density at radius 2 is 1.95 bits per heavy atom. The summed E-state index contributed by atoms with van der Waals surface area (Å²) < 4.78 is 27.0. The number of thiocarbonyl (C=S) groups is 1. The summed E-state index contributed by atoms with van der Waals surface area (Å²) in [5, 5.41) is 0. The smallest absolute Gasteiger partial charge is 0.215 e. The predicted molar refractivity (Wildman–Crippen MR) is 89.5 cm³/mol. The molecule has 1 aromatic carbocycles. The zero-order valence-electron chi connectivity index (χ0n) is 12.3. The number of hydrogen-bond acceptors (Lipinski definition) is 3. The molecule has 0 aliphatic heterocycles. The number of hydrogen-bond donors (Lipinski definition) is 2. The molecule has 6 heteroatoms. The molecule has 21 heavy (non-hydrogen) atoms. The summed E-state index contributed by atoms with van der Waals surface area (Å²) in [5.74, 6) is -0.00712. The molecule has 4 nitrogen and oxygen atoms in total. The largest absolute Gasteiger partial charge is 0.389 e. The third-order valence-corrected chi connectivity index (χ3v) is 5.53. The molecule has 0 spiro atoms. The van der Waals surface area contributed by atoms with Gasteiger partial charge in [0.25, 0.3) is 0 Å². The molecule has 0 aromatic heterocycles. The topological polar surface area (TPSA) is 72.2 Å². The van der Waals surface area contributed by atoms with E-state index in [1.165, 1.54) is 0 Å². The third kappa shape index (κ3) is 4.76. The Morgan fingerprint density at radius 1 is 1.33 bits per heavy atom. The highest BCUT2D eigenvalue weighted by Crippen LogP contribution is 2.49. The Bertz CT molecular complexity index is 605. The van der Waals surface area contributed by atoms with Crippen LogP contribution in [-0.2, 0) is 15.8 Å². The predicted octanol–water partition coefficient (Wildman–Crippen LogP) is 2.32. The zero-order chi connectivity index (χ0) is 15.5. The van der Waals surface area contributed by atoms with Gasteiger partial charge in [0.1, 0.15) is 4.99 Å². The molecule has 2 rings (SSSR count). The highest BCUT2D eigenvalue weighted by molar-refractivity contribution is 7.88. The molecular formula is C15H22N2O2S2. The molecule has 1 fully saturated rings. The molecule has 0 saturated heterocycles. The van der Waals surface area contributed by atoms with Crippen LogP contribution in [0.3, 0.4) is 0 Å². The van der Waals surface area contributed by atoms with Gasteiger partial charge in [-0.25, -0.2) is 13.1 Å². The second-order valence-corrected chi connectivity index (χ2v) is 8.14. The molecule has 1 saturated carbocycles. The molecule has 1 aromatic rings. The fourth-order valence-corrected chi connectivity index (χ4v) is 3.92. The SMILES string of the molecule is CCCC1(CNS(=O)(=O)Cc2ccc(C(N)=S)cc2)CC1. The first kappa shape index (κ1) is 16.4. The monoisotopic (exact) mass is 326 g/mol. The van der Waals surface area contributed by atoms with Gasteiger partial charge >= 0.3 is 0 Å². The van der Waals surface area contributed by atoms with Crippen LogP contribution in [0.4, 0.5) is 0 Å². The van der Waals surface area contributed by atoms with Crippen LogP contribution in [0.1, 0.15) is 43.7 Å². The molecule has 0 radical (unpaired) electrons. The molecule has 1 aliphatic rings. The van der Waals surface area contributed by atoms with Crippen LogP contribution in [0.5, 0.6) is 0 Å². The van der Waals surface area contributed by atoms with E-state index in [-0.39, 0.29) is 11.2 Å². The summed E-state index contributed by atoms with van der Waals surface area (Å²) in [4.78, 5) is 0.317. The van der Waals surface area contributed by atoms with Crippen molar-refractivity contribution in [2.24, 2.45) is 11.1 Å². The lowest BCUT2D eigenvalue weighted by molar-refractivity contribution is 0.449. The molecular weight excluding hydrogens is 304 g/mol. The molecule has 0 atom stereocenters. The van der Waals surface area contributed by atoms with Gasteiger partial charge in [0, 0.05) is 12.1 Å². The van der Waals surface area contributed by atoms with E-state index in [1.807, 2.05) is 0 Å². The van der Waals surface area contributed by atoms with Crippen LogP contribution in [-0.4, -0.2) is 20.0 Å². The molecule has 0 unspecified atom stereocenters. The Morgan fingerprint density at radius 3 is 2.43 bits per heavy atom. The lowest BCUT2D eigenvalue weighted by atomic mass is 10.0. The van der Waals surface area contributed by atoms with Gasteiger partial charge in [-0.2, -0.15) is 0 Å². The molecule has 116 valence electrons. The molecule has 3 N–H and O–H groups in total. The summed E-state index contributed by atoms with van der Waals surface area (Å²) in [5.41, 5.74) is 7.23. The van der Waals surface area contributed by atoms with Gasteiger partial charge in [0.2, 0.25) is 10.0 Å². The van der Waals surface area contributed by atoms with E-state index in [0.29, 0.717) is 11.5 Å². The first-order chi connectivity index (χ1) is 9.86. The van der Waals surface area contributed by atoms with E-state index in [9.17, 15) is 8.42 Å². The van der Waals surface area contributed by atoms with Crippen molar-refractivity contribution in [3.05, 3.63) is 35.4 Å². The van der Waals surface area contributed by atoms with Gasteiger partial charge in [-0.3, -0.25) is 0 Å². The summed E-state index contributed by atoms with van der Waals surface area (Å²) in [6, 6.07) is 7.03. The normalized spacial score (nSPS) is 16.6. The van der Waals surface area contributed by atoms with Crippen molar-refractivity contribution in [3.8, 4) is 0 Å². The molecule has 0 amide bonds. The van der Waals surface area contributed by atoms with E-state index >= 15 is 0 Å². The maximum Gasteiger partial charge on any atom is 0.215 e. The van der Waals surface area contributed by atoms with Crippen molar-refractivity contribution in [2.45, 2.75) is 38.4 Å². The number of sulfonamides is 1. The van der Waals surface area contributed by atoms with E-state index < -0.39 is 10.0 Å². The van der Waals surface area contributed by atoms with Gasteiger partial charge < -0.3 is 5.73 Å². The minimum absolute atomic E-state index is 0.00712. The van der Waals surface area contributed by atoms with Gasteiger partial charge in [-0.05, 0) is 30.2 Å². The van der Waals surface area contributed by atoms with Gasteiger partial charge in [-0.1, -0.05) is 49.8 Å². The minimum atomic E-state index is -3.29. The lowest BCUT2D eigenvalue weighted by Crippen LogP contribution is -2.31. The maximum absolute atomic E-state index is 12.1. The maximum atomic E-state index is 12.1. The van der Waals surface area contributed by atoms with Gasteiger partial charge in [0.05, 0.1) is 5.75 Å². The van der Waals surface area contributed by atoms with Crippen LogP contribution in [0.25, 0.3) is 0 Å². The average molecular weight is 326 g/mol. The van der Waals surface area contributed by atoms with E-state index in [0.717, 1.165) is 36.8 Å². The van der Waals surface area contributed by atoms with Gasteiger partial charge in [0.15, 0.2) is 0 Å². The number of nitrogens with two attached hydrogens (primary N) is 1. The van der Waals surface area contributed by atoms with Crippen molar-refractivity contribution in [2.75, 3.05) is 6.54 Å². The third-order valence-electron chi connectivity index (χ3n) is 4.00. The number of benzene rings is 1.